The summed E-state index contributed by atoms with van der Waals surface area (Å²) in [4.78, 5) is 0. The van der Waals surface area contributed by atoms with Gasteiger partial charge in [-0.25, -0.2) is 0 Å². The highest BCUT2D eigenvalue weighted by Crippen LogP contribution is 2.29. The molecule has 1 rings (SSSR count). The lowest BCUT2D eigenvalue weighted by Crippen LogP contribution is -2.41. The minimum atomic E-state index is -4.42. The summed E-state index contributed by atoms with van der Waals surface area (Å²) in [6.45, 7) is 3.95. The van der Waals surface area contributed by atoms with Crippen LogP contribution < -0.4 is 5.32 Å². The van der Waals surface area contributed by atoms with Crippen molar-refractivity contribution in [2.75, 3.05) is 6.54 Å². The van der Waals surface area contributed by atoms with E-state index in [0.717, 1.165) is 19.3 Å². The van der Waals surface area contributed by atoms with Crippen molar-refractivity contribution in [3.05, 3.63) is 0 Å². The molecule has 1 N–H and O–H groups in total. The van der Waals surface area contributed by atoms with Crippen LogP contribution in [0.3, 0.4) is 0 Å². The lowest BCUT2D eigenvalue weighted by molar-refractivity contribution is -0.158. The highest BCUT2D eigenvalue weighted by Gasteiger charge is 2.40. The first-order chi connectivity index (χ1) is 7.82. The molecule has 1 saturated carbocycles. The number of hydrogen-bond acceptors (Lipinski definition) is 2. The van der Waals surface area contributed by atoms with Gasteiger partial charge in [-0.15, -0.1) is 0 Å². The molecular weight excluding hydrogens is 229 g/mol. The molecule has 3 unspecified atom stereocenters. The number of nitrogens with one attached hydrogen (secondary N) is 1. The number of nitriles is 1. The van der Waals surface area contributed by atoms with Crippen LogP contribution in [-0.4, -0.2) is 18.8 Å². The van der Waals surface area contributed by atoms with Crippen LogP contribution in [0.5, 0.6) is 0 Å². The zero-order valence-corrected chi connectivity index (χ0v) is 10.2. The van der Waals surface area contributed by atoms with E-state index in [0.29, 0.717) is 11.8 Å². The Labute approximate surface area is 100 Å². The summed E-state index contributed by atoms with van der Waals surface area (Å²) in [6.07, 6.45) is -1.48. The Morgan fingerprint density at radius 1 is 1.24 bits per heavy atom. The topological polar surface area (TPSA) is 35.8 Å². The predicted molar refractivity (Wildman–Crippen MR) is 59.1 cm³/mol. The maximum absolute atomic E-state index is 12.4. The molecule has 3 atom stereocenters. The Balaban J connectivity index is 2.42. The summed E-state index contributed by atoms with van der Waals surface area (Å²) in [5.74, 6) is -0.805. The van der Waals surface area contributed by atoms with Crippen molar-refractivity contribution in [1.29, 1.82) is 5.26 Å². The number of halogens is 3. The summed E-state index contributed by atoms with van der Waals surface area (Å²) in [5, 5.41) is 11.4. The Hall–Kier alpha value is -0.760. The van der Waals surface area contributed by atoms with Crippen molar-refractivity contribution in [3.8, 4) is 6.07 Å². The summed E-state index contributed by atoms with van der Waals surface area (Å²) in [5.41, 5.74) is 0. The SMILES string of the molecule is CC1CC(C)CC(NCC(C#N)C(F)(F)F)C1. The molecule has 1 aliphatic rings. The first-order valence-corrected chi connectivity index (χ1v) is 6.02. The number of alkyl halides is 3. The van der Waals surface area contributed by atoms with E-state index in [-0.39, 0.29) is 12.6 Å². The molecule has 1 aliphatic carbocycles. The van der Waals surface area contributed by atoms with E-state index in [4.69, 9.17) is 5.26 Å². The molecule has 0 aromatic heterocycles. The number of hydrogen-bond donors (Lipinski definition) is 1. The van der Waals surface area contributed by atoms with Crippen LogP contribution in [-0.2, 0) is 0 Å². The van der Waals surface area contributed by atoms with E-state index >= 15 is 0 Å². The fourth-order valence-electron chi connectivity index (χ4n) is 2.63. The number of nitrogens with zero attached hydrogens (tertiary/aromatic N) is 1. The maximum Gasteiger partial charge on any atom is 0.405 e. The quantitative estimate of drug-likeness (QED) is 0.833. The van der Waals surface area contributed by atoms with Crippen molar-refractivity contribution in [3.63, 3.8) is 0 Å². The third-order valence-electron chi connectivity index (χ3n) is 3.34. The van der Waals surface area contributed by atoms with Crippen molar-refractivity contribution in [1.82, 2.24) is 5.32 Å². The van der Waals surface area contributed by atoms with Crippen LogP contribution in [0.25, 0.3) is 0 Å². The van der Waals surface area contributed by atoms with Gasteiger partial charge in [-0.2, -0.15) is 18.4 Å². The molecule has 0 aromatic carbocycles. The molecule has 0 amide bonds. The molecule has 5 heteroatoms. The third kappa shape index (κ3) is 4.55. The summed E-state index contributed by atoms with van der Waals surface area (Å²) < 4.78 is 37.1. The molecule has 2 nitrogen and oxygen atoms in total. The zero-order valence-electron chi connectivity index (χ0n) is 10.2. The van der Waals surface area contributed by atoms with Gasteiger partial charge in [0.15, 0.2) is 5.92 Å². The van der Waals surface area contributed by atoms with Crippen molar-refractivity contribution in [2.45, 2.75) is 45.3 Å². The van der Waals surface area contributed by atoms with E-state index in [1.165, 1.54) is 6.07 Å². The summed E-state index contributed by atoms with van der Waals surface area (Å²) >= 11 is 0. The summed E-state index contributed by atoms with van der Waals surface area (Å²) in [6, 6.07) is 1.43. The Morgan fingerprint density at radius 2 is 1.76 bits per heavy atom. The van der Waals surface area contributed by atoms with Crippen LogP contribution in [0.2, 0.25) is 0 Å². The Kier molecular flexibility index (Phi) is 4.81. The van der Waals surface area contributed by atoms with Gasteiger partial charge in [0, 0.05) is 12.6 Å². The van der Waals surface area contributed by atoms with Gasteiger partial charge in [0.05, 0.1) is 6.07 Å². The van der Waals surface area contributed by atoms with Crippen molar-refractivity contribution < 1.29 is 13.2 Å². The average molecular weight is 248 g/mol. The molecule has 1 fully saturated rings. The maximum atomic E-state index is 12.4. The lowest BCUT2D eigenvalue weighted by atomic mass is 9.80. The highest BCUT2D eigenvalue weighted by atomic mass is 19.4. The normalized spacial score (nSPS) is 31.9. The second-order valence-electron chi connectivity index (χ2n) is 5.25. The van der Waals surface area contributed by atoms with Crippen molar-refractivity contribution >= 4 is 0 Å². The Bertz CT molecular complexity index is 272. The summed E-state index contributed by atoms with van der Waals surface area (Å²) in [7, 11) is 0. The van der Waals surface area contributed by atoms with Gasteiger partial charge in [0.2, 0.25) is 0 Å². The van der Waals surface area contributed by atoms with E-state index in [1.54, 1.807) is 0 Å². The molecule has 17 heavy (non-hydrogen) atoms. The Morgan fingerprint density at radius 3 is 2.18 bits per heavy atom. The fraction of sp³-hybridized carbons (Fsp3) is 0.917. The largest absolute Gasteiger partial charge is 0.405 e. The van der Waals surface area contributed by atoms with Gasteiger partial charge >= 0.3 is 6.18 Å². The van der Waals surface area contributed by atoms with Crippen LogP contribution in [0.15, 0.2) is 0 Å². The van der Waals surface area contributed by atoms with Gasteiger partial charge in [-0.1, -0.05) is 13.8 Å². The highest BCUT2D eigenvalue weighted by molar-refractivity contribution is 4.91. The van der Waals surface area contributed by atoms with Gasteiger partial charge in [-0.3, -0.25) is 0 Å². The smallest absolute Gasteiger partial charge is 0.312 e. The lowest BCUT2D eigenvalue weighted by Gasteiger charge is -2.32. The first kappa shape index (κ1) is 14.3. The monoisotopic (exact) mass is 248 g/mol. The van der Waals surface area contributed by atoms with E-state index in [9.17, 15) is 13.2 Å². The molecular formula is C12H19F3N2. The molecule has 0 spiro atoms. The van der Waals surface area contributed by atoms with Crippen LogP contribution in [0.4, 0.5) is 13.2 Å². The third-order valence-corrected chi connectivity index (χ3v) is 3.34. The fourth-order valence-corrected chi connectivity index (χ4v) is 2.63. The first-order valence-electron chi connectivity index (χ1n) is 6.02. The van der Waals surface area contributed by atoms with E-state index in [2.05, 4.69) is 19.2 Å². The van der Waals surface area contributed by atoms with Gasteiger partial charge < -0.3 is 5.32 Å². The van der Waals surface area contributed by atoms with Crippen LogP contribution in [0.1, 0.15) is 33.1 Å². The van der Waals surface area contributed by atoms with Crippen LogP contribution >= 0.6 is 0 Å². The molecule has 0 heterocycles. The predicted octanol–water partition coefficient (Wildman–Crippen LogP) is 3.10. The van der Waals surface area contributed by atoms with Crippen LogP contribution in [0, 0.1) is 29.1 Å². The zero-order chi connectivity index (χ0) is 13.1. The van der Waals surface area contributed by atoms with Gasteiger partial charge in [0.1, 0.15) is 0 Å². The minimum absolute atomic E-state index is 0.118. The van der Waals surface area contributed by atoms with Gasteiger partial charge in [-0.05, 0) is 31.1 Å². The molecule has 0 aromatic rings. The minimum Gasteiger partial charge on any atom is -0.312 e. The second-order valence-corrected chi connectivity index (χ2v) is 5.25. The molecule has 0 saturated heterocycles. The van der Waals surface area contributed by atoms with Crippen molar-refractivity contribution in [2.24, 2.45) is 17.8 Å². The molecule has 0 aliphatic heterocycles. The van der Waals surface area contributed by atoms with Gasteiger partial charge in [0.25, 0.3) is 0 Å². The van der Waals surface area contributed by atoms with E-state index in [1.807, 2.05) is 0 Å². The molecule has 0 radical (unpaired) electrons. The average Bonchev–Trinajstić information content (AvgIpc) is 2.14. The molecule has 0 bridgehead atoms. The van der Waals surface area contributed by atoms with E-state index < -0.39 is 12.1 Å². The second kappa shape index (κ2) is 5.72. The standard InChI is InChI=1S/C12H19F3N2/c1-8-3-9(2)5-11(4-8)17-7-10(6-16)12(13,14)15/h8-11,17H,3-5,7H2,1-2H3. The number of rotatable bonds is 3. The molecule has 98 valence electrons.